The minimum absolute atomic E-state index is 0. The third kappa shape index (κ3) is 13.9. The summed E-state index contributed by atoms with van der Waals surface area (Å²) in [6.07, 6.45) is 7.00. The molecule has 1 atom stereocenters. The minimum atomic E-state index is 0. The van der Waals surface area contributed by atoms with Gasteiger partial charge in [-0.05, 0) is 18.6 Å². The van der Waals surface area contributed by atoms with Crippen molar-refractivity contribution in [1.29, 1.82) is 0 Å². The van der Waals surface area contributed by atoms with E-state index in [0.717, 1.165) is 24.8 Å². The van der Waals surface area contributed by atoms with E-state index in [4.69, 9.17) is 0 Å². The maximum atomic E-state index is 11.7. The van der Waals surface area contributed by atoms with Gasteiger partial charge < -0.3 is 15.5 Å². The Labute approximate surface area is 163 Å². The normalized spacial score (nSPS) is 12.3. The Morgan fingerprint density at radius 2 is 1.96 bits per heavy atom. The zero-order chi connectivity index (χ0) is 16.8. The first-order valence-corrected chi connectivity index (χ1v) is 9.65. The first kappa shape index (κ1) is 25.1. The number of guanidine groups is 1. The molecule has 0 radical (unpaired) electrons. The van der Waals surface area contributed by atoms with Crippen molar-refractivity contribution in [3.05, 3.63) is 0 Å². The molecule has 0 spiro atoms. The molecule has 2 N–H and O–H groups in total. The van der Waals surface area contributed by atoms with Crippen LogP contribution in [-0.2, 0) is 4.79 Å². The van der Waals surface area contributed by atoms with Crippen LogP contribution in [0.3, 0.4) is 0 Å². The fourth-order valence-electron chi connectivity index (χ4n) is 1.92. The van der Waals surface area contributed by atoms with Gasteiger partial charge in [-0.2, -0.15) is 11.8 Å². The molecule has 0 aromatic heterocycles. The molecule has 0 fully saturated rings. The molecule has 1 unspecified atom stereocenters. The van der Waals surface area contributed by atoms with Crippen LogP contribution in [0.5, 0.6) is 0 Å². The molecule has 5 nitrogen and oxygen atoms in total. The van der Waals surface area contributed by atoms with Gasteiger partial charge in [-0.15, -0.1) is 24.0 Å². The second-order valence-corrected chi connectivity index (χ2v) is 6.66. The van der Waals surface area contributed by atoms with Gasteiger partial charge in [0, 0.05) is 32.9 Å². The van der Waals surface area contributed by atoms with E-state index in [-0.39, 0.29) is 36.4 Å². The first-order valence-electron chi connectivity index (χ1n) is 8.26. The predicted molar refractivity (Wildman–Crippen MR) is 114 cm³/mol. The predicted octanol–water partition coefficient (Wildman–Crippen LogP) is 2.81. The van der Waals surface area contributed by atoms with Crippen molar-refractivity contribution < 1.29 is 4.79 Å². The number of thioether (sulfide) groups is 1. The summed E-state index contributed by atoms with van der Waals surface area (Å²) < 4.78 is 0. The molecular formula is C16H35IN4OS. The summed E-state index contributed by atoms with van der Waals surface area (Å²) in [6, 6.07) is 0. The zero-order valence-electron chi connectivity index (χ0n) is 15.4. The van der Waals surface area contributed by atoms with Crippen molar-refractivity contribution in [1.82, 2.24) is 15.5 Å². The number of amides is 1. The highest BCUT2D eigenvalue weighted by Gasteiger charge is 2.08. The Morgan fingerprint density at radius 3 is 2.48 bits per heavy atom. The standard InChI is InChI=1S/C16H34N4OS.HI/c1-6-8-9-14(7-2)12-18-16(17-10-11-22-5)19-13-15(21)20(3)4;/h14H,6-13H2,1-5H3,(H2,17,18,19);1H. The second kappa shape index (κ2) is 16.7. The molecule has 0 aromatic rings. The average Bonchev–Trinajstić information content (AvgIpc) is 2.51. The third-order valence-corrected chi connectivity index (χ3v) is 4.18. The zero-order valence-corrected chi connectivity index (χ0v) is 18.5. The lowest BCUT2D eigenvalue weighted by atomic mass is 9.99. The number of unbranched alkanes of at least 4 members (excludes halogenated alkanes) is 1. The topological polar surface area (TPSA) is 56.7 Å². The van der Waals surface area contributed by atoms with E-state index in [1.54, 1.807) is 30.8 Å². The smallest absolute Gasteiger partial charge is 0.243 e. The Bertz CT molecular complexity index is 327. The van der Waals surface area contributed by atoms with Crippen LogP contribution >= 0.6 is 35.7 Å². The highest BCUT2D eigenvalue weighted by atomic mass is 127. The molecule has 0 heterocycles. The maximum absolute atomic E-state index is 11.7. The van der Waals surface area contributed by atoms with E-state index in [9.17, 15) is 4.79 Å². The van der Waals surface area contributed by atoms with E-state index in [1.807, 2.05) is 0 Å². The third-order valence-electron chi connectivity index (χ3n) is 3.57. The van der Waals surface area contributed by atoms with Gasteiger partial charge >= 0.3 is 0 Å². The number of likely N-dealkylation sites (N-methyl/N-ethyl adjacent to an activating group) is 1. The van der Waals surface area contributed by atoms with Crippen molar-refractivity contribution in [2.75, 3.05) is 45.7 Å². The number of hydrogen-bond donors (Lipinski definition) is 2. The summed E-state index contributed by atoms with van der Waals surface area (Å²) in [5.41, 5.74) is 0. The number of carbonyl (C=O) groups excluding carboxylic acids is 1. The summed E-state index contributed by atoms with van der Waals surface area (Å²) in [4.78, 5) is 17.6. The molecule has 0 saturated heterocycles. The lowest BCUT2D eigenvalue weighted by molar-refractivity contribution is -0.127. The van der Waals surface area contributed by atoms with E-state index in [0.29, 0.717) is 5.92 Å². The molecule has 0 saturated carbocycles. The minimum Gasteiger partial charge on any atom is -0.356 e. The maximum Gasteiger partial charge on any atom is 0.243 e. The van der Waals surface area contributed by atoms with Gasteiger partial charge in [-0.3, -0.25) is 4.79 Å². The van der Waals surface area contributed by atoms with Crippen molar-refractivity contribution in [3.8, 4) is 0 Å². The lowest BCUT2D eigenvalue weighted by Crippen LogP contribution is -2.41. The molecule has 0 aliphatic carbocycles. The summed E-state index contributed by atoms with van der Waals surface area (Å²) in [5, 5.41) is 6.69. The summed E-state index contributed by atoms with van der Waals surface area (Å²) in [7, 11) is 3.51. The van der Waals surface area contributed by atoms with E-state index in [1.165, 1.54) is 25.7 Å². The quantitative estimate of drug-likeness (QED) is 0.216. The number of carbonyl (C=O) groups is 1. The molecule has 138 valence electrons. The molecular weight excluding hydrogens is 423 g/mol. The highest BCUT2D eigenvalue weighted by molar-refractivity contribution is 14.0. The van der Waals surface area contributed by atoms with Gasteiger partial charge in [0.05, 0.1) is 0 Å². The summed E-state index contributed by atoms with van der Waals surface area (Å²) in [6.45, 7) is 6.42. The summed E-state index contributed by atoms with van der Waals surface area (Å²) >= 11 is 1.79. The number of halogens is 1. The number of rotatable bonds is 11. The number of hydrogen-bond acceptors (Lipinski definition) is 3. The second-order valence-electron chi connectivity index (χ2n) is 5.67. The number of nitrogens with zero attached hydrogens (tertiary/aromatic N) is 2. The van der Waals surface area contributed by atoms with Crippen LogP contribution in [0, 0.1) is 5.92 Å². The van der Waals surface area contributed by atoms with Gasteiger partial charge in [-0.1, -0.05) is 33.1 Å². The van der Waals surface area contributed by atoms with Crippen LogP contribution in [0.1, 0.15) is 39.5 Å². The highest BCUT2D eigenvalue weighted by Crippen LogP contribution is 2.11. The molecule has 1 amide bonds. The van der Waals surface area contributed by atoms with E-state index in [2.05, 4.69) is 35.7 Å². The van der Waals surface area contributed by atoms with E-state index < -0.39 is 0 Å². The van der Waals surface area contributed by atoms with Gasteiger partial charge in [0.15, 0.2) is 5.96 Å². The molecule has 0 bridgehead atoms. The van der Waals surface area contributed by atoms with Crippen molar-refractivity contribution >= 4 is 47.6 Å². The van der Waals surface area contributed by atoms with Crippen molar-refractivity contribution in [3.63, 3.8) is 0 Å². The Kier molecular flexibility index (Phi) is 18.2. The fourth-order valence-corrected chi connectivity index (χ4v) is 2.22. The van der Waals surface area contributed by atoms with Gasteiger partial charge in [0.1, 0.15) is 6.54 Å². The molecule has 7 heteroatoms. The van der Waals surface area contributed by atoms with Gasteiger partial charge in [0.25, 0.3) is 0 Å². The largest absolute Gasteiger partial charge is 0.356 e. The van der Waals surface area contributed by atoms with Crippen LogP contribution in [0.25, 0.3) is 0 Å². The SMILES string of the molecule is CCCCC(CC)CNC(=NCC(=O)N(C)C)NCCSC.I. The van der Waals surface area contributed by atoms with Crippen LogP contribution in [0.15, 0.2) is 4.99 Å². The molecule has 0 aromatic carbocycles. The first-order chi connectivity index (χ1) is 10.5. The lowest BCUT2D eigenvalue weighted by Gasteiger charge is -2.18. The van der Waals surface area contributed by atoms with Gasteiger partial charge in [0.2, 0.25) is 5.91 Å². The van der Waals surface area contributed by atoms with Gasteiger partial charge in [-0.25, -0.2) is 4.99 Å². The van der Waals surface area contributed by atoms with Crippen LogP contribution in [-0.4, -0.2) is 62.5 Å². The van der Waals surface area contributed by atoms with Crippen LogP contribution in [0.2, 0.25) is 0 Å². The monoisotopic (exact) mass is 458 g/mol. The van der Waals surface area contributed by atoms with Crippen molar-refractivity contribution in [2.45, 2.75) is 39.5 Å². The average molecular weight is 458 g/mol. The number of nitrogens with one attached hydrogen (secondary N) is 2. The Balaban J connectivity index is 0. The fraction of sp³-hybridized carbons (Fsp3) is 0.875. The Morgan fingerprint density at radius 1 is 1.26 bits per heavy atom. The van der Waals surface area contributed by atoms with Crippen LogP contribution in [0.4, 0.5) is 0 Å². The molecule has 23 heavy (non-hydrogen) atoms. The Hall–Kier alpha value is -0.180. The van der Waals surface area contributed by atoms with Crippen molar-refractivity contribution in [2.24, 2.45) is 10.9 Å². The number of aliphatic imine (C=N–C) groups is 1. The summed E-state index contributed by atoms with van der Waals surface area (Å²) in [5.74, 6) is 2.45. The molecule has 0 aliphatic heterocycles. The van der Waals surface area contributed by atoms with E-state index >= 15 is 0 Å². The van der Waals surface area contributed by atoms with Crippen LogP contribution < -0.4 is 10.6 Å². The molecule has 0 aliphatic rings. The molecule has 0 rings (SSSR count).